The van der Waals surface area contributed by atoms with Crippen molar-refractivity contribution in [2.45, 2.75) is 19.3 Å². The molecule has 1 aromatic carbocycles. The van der Waals surface area contributed by atoms with Gasteiger partial charge in [0.2, 0.25) is 5.91 Å². The average molecular weight is 274 g/mol. The molecule has 0 spiro atoms. The van der Waals surface area contributed by atoms with E-state index in [2.05, 4.69) is 24.3 Å². The van der Waals surface area contributed by atoms with Gasteiger partial charge in [-0.2, -0.15) is 0 Å². The quantitative estimate of drug-likeness (QED) is 0.789. The summed E-state index contributed by atoms with van der Waals surface area (Å²) < 4.78 is 5.43. The second-order valence-corrected chi connectivity index (χ2v) is 5.29. The first-order valence-corrected chi connectivity index (χ1v) is 7.03. The molecule has 0 aliphatic carbocycles. The van der Waals surface area contributed by atoms with E-state index in [-0.39, 0.29) is 5.91 Å². The second kappa shape index (κ2) is 7.10. The van der Waals surface area contributed by atoms with E-state index in [4.69, 9.17) is 4.42 Å². The molecule has 0 radical (unpaired) electrons. The van der Waals surface area contributed by atoms with Crippen molar-refractivity contribution in [2.75, 3.05) is 27.2 Å². The number of carbonyl (C=O) groups excluding carboxylic acids is 1. The molecule has 0 aliphatic heterocycles. The normalized spacial score (nSPS) is 11.2. The molecule has 2 aromatic rings. The first-order chi connectivity index (χ1) is 9.66. The minimum absolute atomic E-state index is 0.0569. The maximum absolute atomic E-state index is 11.9. The van der Waals surface area contributed by atoms with Crippen LogP contribution in [0.4, 0.5) is 0 Å². The van der Waals surface area contributed by atoms with Gasteiger partial charge in [0.25, 0.3) is 0 Å². The molecule has 4 heteroatoms. The molecule has 0 aliphatic rings. The fourth-order valence-electron chi connectivity index (χ4n) is 2.19. The molecule has 2 rings (SSSR count). The molecular formula is C16H22N2O2. The second-order valence-electron chi connectivity index (χ2n) is 5.29. The predicted molar refractivity (Wildman–Crippen MR) is 80.7 cm³/mol. The van der Waals surface area contributed by atoms with E-state index in [1.807, 2.05) is 24.3 Å². The van der Waals surface area contributed by atoms with Crippen molar-refractivity contribution in [1.29, 1.82) is 0 Å². The van der Waals surface area contributed by atoms with E-state index < -0.39 is 0 Å². The summed E-state index contributed by atoms with van der Waals surface area (Å²) in [6.07, 6.45) is 4.17. The van der Waals surface area contributed by atoms with Crippen LogP contribution in [-0.2, 0) is 11.2 Å². The zero-order chi connectivity index (χ0) is 14.4. The molecule has 0 saturated heterocycles. The van der Waals surface area contributed by atoms with Gasteiger partial charge in [0.1, 0.15) is 5.58 Å². The van der Waals surface area contributed by atoms with E-state index in [1.165, 1.54) is 0 Å². The molecule has 0 fully saturated rings. The molecular weight excluding hydrogens is 252 g/mol. The van der Waals surface area contributed by atoms with Crippen molar-refractivity contribution < 1.29 is 9.21 Å². The van der Waals surface area contributed by atoms with Crippen molar-refractivity contribution in [1.82, 2.24) is 10.2 Å². The topological polar surface area (TPSA) is 45.5 Å². The lowest BCUT2D eigenvalue weighted by Gasteiger charge is -2.09. The zero-order valence-corrected chi connectivity index (χ0v) is 12.2. The number of furan rings is 1. The van der Waals surface area contributed by atoms with E-state index in [9.17, 15) is 4.79 Å². The highest BCUT2D eigenvalue weighted by atomic mass is 16.3. The Balaban J connectivity index is 1.77. The van der Waals surface area contributed by atoms with E-state index in [1.54, 1.807) is 6.26 Å². The van der Waals surface area contributed by atoms with Crippen molar-refractivity contribution >= 4 is 16.9 Å². The summed E-state index contributed by atoms with van der Waals surface area (Å²) in [5.41, 5.74) is 1.78. The summed E-state index contributed by atoms with van der Waals surface area (Å²) in [4.78, 5) is 14.0. The Labute approximate surface area is 119 Å². The molecule has 108 valence electrons. The Hall–Kier alpha value is -1.81. The van der Waals surface area contributed by atoms with Gasteiger partial charge < -0.3 is 14.6 Å². The van der Waals surface area contributed by atoms with Crippen LogP contribution in [0.2, 0.25) is 0 Å². The van der Waals surface area contributed by atoms with Crippen molar-refractivity contribution in [3.8, 4) is 0 Å². The van der Waals surface area contributed by atoms with E-state index >= 15 is 0 Å². The van der Waals surface area contributed by atoms with Gasteiger partial charge in [-0.1, -0.05) is 18.2 Å². The van der Waals surface area contributed by atoms with Crippen LogP contribution in [0.25, 0.3) is 11.0 Å². The van der Waals surface area contributed by atoms with Crippen molar-refractivity contribution in [3.63, 3.8) is 0 Å². The first kappa shape index (κ1) is 14.6. The van der Waals surface area contributed by atoms with E-state index in [0.717, 1.165) is 42.5 Å². The van der Waals surface area contributed by atoms with Gasteiger partial charge in [-0.25, -0.2) is 0 Å². The molecule has 1 N–H and O–H groups in total. The van der Waals surface area contributed by atoms with Crippen LogP contribution in [0.15, 0.2) is 34.9 Å². The summed E-state index contributed by atoms with van der Waals surface area (Å²) in [5.74, 6) is 0.0569. The lowest BCUT2D eigenvalue weighted by Crippen LogP contribution is -2.26. The van der Waals surface area contributed by atoms with Crippen LogP contribution in [-0.4, -0.2) is 38.0 Å². The first-order valence-electron chi connectivity index (χ1n) is 7.03. The number of rotatable bonds is 7. The Bertz CT molecular complexity index is 560. The standard InChI is InChI=1S/C16H22N2O2/c1-18(2)10-6-5-9-17-16(19)11-13-12-20-15-8-4-3-7-14(13)15/h3-4,7-8,12H,5-6,9-11H2,1-2H3,(H,17,19). The summed E-state index contributed by atoms with van der Waals surface area (Å²) in [7, 11) is 4.12. The third-order valence-electron chi connectivity index (χ3n) is 3.27. The predicted octanol–water partition coefficient (Wildman–Crippen LogP) is 2.43. The maximum atomic E-state index is 11.9. The van der Waals surface area contributed by atoms with Gasteiger partial charge in [0.15, 0.2) is 0 Å². The summed E-state index contributed by atoms with van der Waals surface area (Å²) in [6.45, 7) is 1.80. The summed E-state index contributed by atoms with van der Waals surface area (Å²) in [5, 5.41) is 3.98. The van der Waals surface area contributed by atoms with Gasteiger partial charge in [0.05, 0.1) is 12.7 Å². The number of benzene rings is 1. The number of hydrogen-bond donors (Lipinski definition) is 1. The van der Waals surface area contributed by atoms with Crippen LogP contribution in [0.3, 0.4) is 0 Å². The fraction of sp³-hybridized carbons (Fsp3) is 0.438. The monoisotopic (exact) mass is 274 g/mol. The molecule has 0 bridgehead atoms. The Morgan fingerprint density at radius 1 is 1.25 bits per heavy atom. The van der Waals surface area contributed by atoms with Gasteiger partial charge in [-0.15, -0.1) is 0 Å². The number of fused-ring (bicyclic) bond motifs is 1. The van der Waals surface area contributed by atoms with Gasteiger partial charge >= 0.3 is 0 Å². The van der Waals surface area contributed by atoms with Gasteiger partial charge in [-0.05, 0) is 39.5 Å². The highest BCUT2D eigenvalue weighted by Crippen LogP contribution is 2.20. The SMILES string of the molecule is CN(C)CCCCNC(=O)Cc1coc2ccccc12. The van der Waals surface area contributed by atoms with Crippen LogP contribution < -0.4 is 5.32 Å². The Kier molecular flexibility index (Phi) is 5.18. The summed E-state index contributed by atoms with van der Waals surface area (Å²) in [6, 6.07) is 7.79. The largest absolute Gasteiger partial charge is 0.464 e. The van der Waals surface area contributed by atoms with Gasteiger partial charge in [-0.3, -0.25) is 4.79 Å². The smallest absolute Gasteiger partial charge is 0.224 e. The van der Waals surface area contributed by atoms with Crippen LogP contribution in [0.5, 0.6) is 0 Å². The molecule has 0 unspecified atom stereocenters. The highest BCUT2D eigenvalue weighted by molar-refractivity contribution is 5.87. The number of nitrogens with one attached hydrogen (secondary N) is 1. The average Bonchev–Trinajstić information content (AvgIpc) is 2.81. The molecule has 1 amide bonds. The molecule has 4 nitrogen and oxygen atoms in total. The Morgan fingerprint density at radius 3 is 2.85 bits per heavy atom. The minimum atomic E-state index is 0.0569. The maximum Gasteiger partial charge on any atom is 0.224 e. The number of hydrogen-bond acceptors (Lipinski definition) is 3. The van der Waals surface area contributed by atoms with Gasteiger partial charge in [0, 0.05) is 17.5 Å². The molecule has 1 aromatic heterocycles. The van der Waals surface area contributed by atoms with Crippen LogP contribution >= 0.6 is 0 Å². The third-order valence-corrected chi connectivity index (χ3v) is 3.27. The number of amides is 1. The zero-order valence-electron chi connectivity index (χ0n) is 12.2. The molecule has 0 saturated carbocycles. The van der Waals surface area contributed by atoms with E-state index in [0.29, 0.717) is 6.42 Å². The highest BCUT2D eigenvalue weighted by Gasteiger charge is 2.09. The number of nitrogens with zero attached hydrogens (tertiary/aromatic N) is 1. The lowest BCUT2D eigenvalue weighted by molar-refractivity contribution is -0.120. The molecule has 0 atom stereocenters. The van der Waals surface area contributed by atoms with Crippen molar-refractivity contribution in [2.24, 2.45) is 0 Å². The van der Waals surface area contributed by atoms with Crippen LogP contribution in [0, 0.1) is 0 Å². The third kappa shape index (κ3) is 4.10. The minimum Gasteiger partial charge on any atom is -0.464 e. The number of unbranched alkanes of at least 4 members (excludes halogenated alkanes) is 1. The number of para-hydroxylation sites is 1. The lowest BCUT2D eigenvalue weighted by atomic mass is 10.1. The molecule has 1 heterocycles. The fourth-order valence-corrected chi connectivity index (χ4v) is 2.19. The number of carbonyl (C=O) groups is 1. The molecule has 20 heavy (non-hydrogen) atoms. The Morgan fingerprint density at radius 2 is 2.05 bits per heavy atom. The van der Waals surface area contributed by atoms with Crippen molar-refractivity contribution in [3.05, 3.63) is 36.1 Å². The summed E-state index contributed by atoms with van der Waals surface area (Å²) >= 11 is 0. The van der Waals surface area contributed by atoms with Crippen LogP contribution in [0.1, 0.15) is 18.4 Å².